The molecule has 4 atom stereocenters. The summed E-state index contributed by atoms with van der Waals surface area (Å²) >= 11 is 0. The molecule has 0 radical (unpaired) electrons. The third kappa shape index (κ3) is 2.26. The van der Waals surface area contributed by atoms with E-state index in [4.69, 9.17) is 4.74 Å². The van der Waals surface area contributed by atoms with Crippen LogP contribution in [-0.4, -0.2) is 35.8 Å². The van der Waals surface area contributed by atoms with Crippen molar-refractivity contribution < 1.29 is 14.3 Å². The first kappa shape index (κ1) is 15.5. The zero-order valence-corrected chi connectivity index (χ0v) is 14.2. The van der Waals surface area contributed by atoms with E-state index >= 15 is 0 Å². The number of cyclic esters (lactones) is 1. The van der Waals surface area contributed by atoms with Gasteiger partial charge in [-0.05, 0) is 22.8 Å². The first-order chi connectivity index (χ1) is 12.7. The van der Waals surface area contributed by atoms with Gasteiger partial charge in [-0.2, -0.15) is 0 Å². The summed E-state index contributed by atoms with van der Waals surface area (Å²) < 4.78 is 5.57. The van der Waals surface area contributed by atoms with Crippen molar-refractivity contribution in [2.75, 3.05) is 13.2 Å². The molecule has 5 rings (SSSR count). The number of benzene rings is 2. The summed E-state index contributed by atoms with van der Waals surface area (Å²) in [5, 5.41) is 0. The lowest BCUT2D eigenvalue weighted by Gasteiger charge is -2.38. The topological polar surface area (TPSA) is 46.6 Å². The van der Waals surface area contributed by atoms with E-state index in [9.17, 15) is 9.59 Å². The van der Waals surface area contributed by atoms with Crippen LogP contribution in [0.25, 0.3) is 0 Å². The third-order valence-electron chi connectivity index (χ3n) is 5.85. The highest BCUT2D eigenvalue weighted by Gasteiger charge is 2.55. The van der Waals surface area contributed by atoms with Crippen LogP contribution in [0.2, 0.25) is 0 Å². The number of nitrogens with zero attached hydrogens (tertiary/aromatic N) is 1. The molecule has 1 aliphatic carbocycles. The van der Waals surface area contributed by atoms with Crippen LogP contribution < -0.4 is 0 Å². The van der Waals surface area contributed by atoms with E-state index in [0.29, 0.717) is 13.2 Å². The van der Waals surface area contributed by atoms with Crippen molar-refractivity contribution in [1.29, 1.82) is 0 Å². The van der Waals surface area contributed by atoms with Gasteiger partial charge in [0.1, 0.15) is 12.6 Å². The molecule has 0 amide bonds. The summed E-state index contributed by atoms with van der Waals surface area (Å²) in [5.41, 5.74) is 3.19. The minimum Gasteiger partial charge on any atom is -0.462 e. The number of morpholine rings is 1. The lowest BCUT2D eigenvalue weighted by molar-refractivity contribution is -0.162. The summed E-state index contributed by atoms with van der Waals surface area (Å²) in [6.45, 7) is 1.02. The van der Waals surface area contributed by atoms with Crippen LogP contribution >= 0.6 is 0 Å². The Hall–Kier alpha value is -2.72. The number of carbonyl (C=O) groups is 2. The second-order valence-corrected chi connectivity index (χ2v) is 7.21. The fourth-order valence-corrected chi connectivity index (χ4v) is 4.73. The molecule has 3 aliphatic rings. The molecule has 0 saturated carbocycles. The number of carbonyl (C=O) groups excluding carboxylic acids is 2. The van der Waals surface area contributed by atoms with E-state index in [0.717, 1.165) is 16.7 Å². The number of hydrogen-bond acceptors (Lipinski definition) is 4. The average molecular weight is 345 g/mol. The number of hydrogen-bond donors (Lipinski definition) is 0. The van der Waals surface area contributed by atoms with Crippen molar-refractivity contribution in [2.45, 2.75) is 18.0 Å². The van der Waals surface area contributed by atoms with Crippen molar-refractivity contribution in [3.8, 4) is 0 Å². The van der Waals surface area contributed by atoms with Gasteiger partial charge in [0.25, 0.3) is 0 Å². The molecule has 0 unspecified atom stereocenters. The maximum Gasteiger partial charge on any atom is 0.324 e. The lowest BCUT2D eigenvalue weighted by Crippen LogP contribution is -2.50. The predicted octanol–water partition coefficient (Wildman–Crippen LogP) is 2.88. The fraction of sp³-hybridized carbons (Fsp3) is 0.273. The van der Waals surface area contributed by atoms with Gasteiger partial charge in [-0.25, -0.2) is 0 Å². The van der Waals surface area contributed by atoms with Crippen LogP contribution in [0.1, 0.15) is 23.1 Å². The largest absolute Gasteiger partial charge is 0.462 e. The van der Waals surface area contributed by atoms with Crippen molar-refractivity contribution in [1.82, 2.24) is 4.90 Å². The quantitative estimate of drug-likeness (QED) is 0.785. The predicted molar refractivity (Wildman–Crippen MR) is 96.4 cm³/mol. The average Bonchev–Trinajstić information content (AvgIpc) is 3.18. The van der Waals surface area contributed by atoms with Gasteiger partial charge in [-0.1, -0.05) is 60.7 Å². The lowest BCUT2D eigenvalue weighted by atomic mass is 9.81. The van der Waals surface area contributed by atoms with Crippen LogP contribution in [0.15, 0.2) is 72.3 Å². The minimum atomic E-state index is -0.392. The van der Waals surface area contributed by atoms with Gasteiger partial charge in [0.05, 0.1) is 12.0 Å². The molecule has 2 fully saturated rings. The van der Waals surface area contributed by atoms with Gasteiger partial charge in [0, 0.05) is 12.5 Å². The Bertz CT molecular complexity index is 890. The highest BCUT2D eigenvalue weighted by Crippen LogP contribution is 2.49. The molecule has 130 valence electrons. The second-order valence-electron chi connectivity index (χ2n) is 7.21. The monoisotopic (exact) mass is 345 g/mol. The molecule has 2 saturated heterocycles. The van der Waals surface area contributed by atoms with E-state index in [1.165, 1.54) is 0 Å². The smallest absolute Gasteiger partial charge is 0.324 e. The Morgan fingerprint density at radius 2 is 1.54 bits per heavy atom. The zero-order valence-electron chi connectivity index (χ0n) is 14.2. The Labute approximate surface area is 152 Å². The normalized spacial score (nSPS) is 30.5. The first-order valence-electron chi connectivity index (χ1n) is 9.00. The number of rotatable bonds is 2. The van der Waals surface area contributed by atoms with Gasteiger partial charge in [0.2, 0.25) is 0 Å². The molecule has 4 nitrogen and oxygen atoms in total. The van der Waals surface area contributed by atoms with Crippen LogP contribution in [0.5, 0.6) is 0 Å². The summed E-state index contributed by atoms with van der Waals surface area (Å²) in [7, 11) is 0. The summed E-state index contributed by atoms with van der Waals surface area (Å²) in [4.78, 5) is 27.6. The Kier molecular flexibility index (Phi) is 3.54. The van der Waals surface area contributed by atoms with Crippen molar-refractivity contribution in [3.63, 3.8) is 0 Å². The van der Waals surface area contributed by atoms with Crippen molar-refractivity contribution in [2.24, 2.45) is 5.92 Å². The highest BCUT2D eigenvalue weighted by molar-refractivity contribution is 6.01. The number of esters is 1. The minimum absolute atomic E-state index is 0.0388. The second kappa shape index (κ2) is 5.92. The first-order valence-corrected chi connectivity index (χ1v) is 9.00. The van der Waals surface area contributed by atoms with Crippen LogP contribution in [0, 0.1) is 5.92 Å². The third-order valence-corrected chi connectivity index (χ3v) is 5.85. The van der Waals surface area contributed by atoms with E-state index in [-0.39, 0.29) is 29.6 Å². The molecule has 2 aromatic rings. The van der Waals surface area contributed by atoms with Crippen molar-refractivity contribution >= 4 is 11.8 Å². The van der Waals surface area contributed by atoms with Gasteiger partial charge in [0.15, 0.2) is 5.78 Å². The molecular weight excluding hydrogens is 326 g/mol. The molecule has 2 aliphatic heterocycles. The molecular formula is C22H19NO3. The standard InChI is InChI=1S/C22H19NO3/c24-18-11-16-12-23-17(14-7-3-1-4-8-14)13-26-22(25)21(23)20(16)19(18)15-9-5-2-6-10-15/h1-11,17,19-21H,12-13H2/t17-,19-,20-,21+/m1/s1. The number of fused-ring (bicyclic) bond motifs is 3. The van der Waals surface area contributed by atoms with Gasteiger partial charge >= 0.3 is 5.97 Å². The maximum absolute atomic E-state index is 12.7. The van der Waals surface area contributed by atoms with Gasteiger partial charge in [-0.15, -0.1) is 0 Å². The Morgan fingerprint density at radius 3 is 2.23 bits per heavy atom. The fourth-order valence-electron chi connectivity index (χ4n) is 4.73. The number of allylic oxidation sites excluding steroid dienone is 1. The van der Waals surface area contributed by atoms with Crippen LogP contribution in [0.4, 0.5) is 0 Å². The summed E-state index contributed by atoms with van der Waals surface area (Å²) in [6, 6.07) is 19.6. The van der Waals surface area contributed by atoms with Crippen LogP contribution in [0.3, 0.4) is 0 Å². The van der Waals surface area contributed by atoms with E-state index < -0.39 is 6.04 Å². The number of ether oxygens (including phenoxy) is 1. The van der Waals surface area contributed by atoms with E-state index in [1.54, 1.807) is 6.08 Å². The molecule has 0 aromatic heterocycles. The van der Waals surface area contributed by atoms with Gasteiger partial charge < -0.3 is 4.74 Å². The molecule has 2 aromatic carbocycles. The Balaban J connectivity index is 1.55. The number of ketones is 1. The van der Waals surface area contributed by atoms with E-state index in [2.05, 4.69) is 17.0 Å². The SMILES string of the molecule is O=C1OC[C@H](c2ccccc2)N2CC3=CC(=O)[C@@H](c4ccccc4)[C@@H]3[C@@H]12. The molecule has 2 heterocycles. The van der Waals surface area contributed by atoms with Crippen LogP contribution in [-0.2, 0) is 14.3 Å². The van der Waals surface area contributed by atoms with Crippen molar-refractivity contribution in [3.05, 3.63) is 83.4 Å². The molecule has 4 heteroatoms. The maximum atomic E-state index is 12.7. The Morgan fingerprint density at radius 1 is 0.885 bits per heavy atom. The zero-order chi connectivity index (χ0) is 17.7. The summed E-state index contributed by atoms with van der Waals surface area (Å²) in [6.07, 6.45) is 1.76. The molecule has 0 bridgehead atoms. The van der Waals surface area contributed by atoms with E-state index in [1.807, 2.05) is 48.5 Å². The molecule has 0 spiro atoms. The molecule has 0 N–H and O–H groups in total. The molecule has 26 heavy (non-hydrogen) atoms. The summed E-state index contributed by atoms with van der Waals surface area (Å²) in [5.74, 6) is -0.515. The van der Waals surface area contributed by atoms with Gasteiger partial charge in [-0.3, -0.25) is 14.5 Å². The highest BCUT2D eigenvalue weighted by atomic mass is 16.5.